The maximum absolute atomic E-state index is 13.4. The van der Waals surface area contributed by atoms with Crippen molar-refractivity contribution in [1.82, 2.24) is 5.32 Å². The molecule has 0 saturated carbocycles. The van der Waals surface area contributed by atoms with E-state index in [1.807, 2.05) is 43.3 Å². The molecule has 4 nitrogen and oxygen atoms in total. The van der Waals surface area contributed by atoms with Crippen LogP contribution in [0.1, 0.15) is 42.2 Å². The highest BCUT2D eigenvalue weighted by atomic mass is 79.9. The van der Waals surface area contributed by atoms with Crippen molar-refractivity contribution in [2.45, 2.75) is 25.6 Å². The van der Waals surface area contributed by atoms with Crippen molar-refractivity contribution in [3.05, 3.63) is 93.7 Å². The quantitative estimate of drug-likeness (QED) is 0.488. The molecule has 1 aliphatic rings. The number of nitrogens with zero attached hydrogens (tertiary/aromatic N) is 1. The number of phenols is 1. The summed E-state index contributed by atoms with van der Waals surface area (Å²) in [5.74, 6) is 0.305. The van der Waals surface area contributed by atoms with Crippen LogP contribution < -0.4 is 10.1 Å². The van der Waals surface area contributed by atoms with Crippen LogP contribution >= 0.6 is 15.9 Å². The van der Waals surface area contributed by atoms with Crippen LogP contribution in [0.3, 0.4) is 0 Å². The summed E-state index contributed by atoms with van der Waals surface area (Å²) in [6, 6.07) is 19.7. The molecule has 0 saturated heterocycles. The zero-order valence-electron chi connectivity index (χ0n) is 16.5. The van der Waals surface area contributed by atoms with Crippen molar-refractivity contribution in [2.75, 3.05) is 6.61 Å². The first-order chi connectivity index (χ1) is 14.5. The third kappa shape index (κ3) is 4.40. The van der Waals surface area contributed by atoms with E-state index in [1.165, 1.54) is 12.1 Å². The lowest BCUT2D eigenvalue weighted by Gasteiger charge is -2.31. The number of halogens is 2. The van der Waals surface area contributed by atoms with Crippen molar-refractivity contribution >= 4 is 21.6 Å². The normalized spacial score (nSPS) is 18.7. The molecule has 3 aromatic rings. The van der Waals surface area contributed by atoms with Gasteiger partial charge in [-0.1, -0.05) is 52.3 Å². The fourth-order valence-corrected chi connectivity index (χ4v) is 3.90. The van der Waals surface area contributed by atoms with Gasteiger partial charge in [0, 0.05) is 28.2 Å². The van der Waals surface area contributed by atoms with Crippen molar-refractivity contribution in [3.63, 3.8) is 0 Å². The van der Waals surface area contributed by atoms with Gasteiger partial charge in [0.2, 0.25) is 0 Å². The Morgan fingerprint density at radius 1 is 1.10 bits per heavy atom. The van der Waals surface area contributed by atoms with E-state index in [9.17, 15) is 9.50 Å². The molecule has 0 spiro atoms. The maximum Gasteiger partial charge on any atom is 0.162 e. The summed E-state index contributed by atoms with van der Waals surface area (Å²) < 4.78 is 20.0. The highest BCUT2D eigenvalue weighted by Crippen LogP contribution is 2.39. The number of rotatable bonds is 5. The van der Waals surface area contributed by atoms with Gasteiger partial charge in [-0.2, -0.15) is 0 Å². The number of hydrogen-bond acceptors (Lipinski definition) is 4. The van der Waals surface area contributed by atoms with Crippen LogP contribution in [0.5, 0.6) is 11.5 Å². The van der Waals surface area contributed by atoms with Gasteiger partial charge in [0.1, 0.15) is 12.0 Å². The number of para-hydroxylation sites is 1. The van der Waals surface area contributed by atoms with E-state index >= 15 is 0 Å². The minimum Gasteiger partial charge on any atom is -0.504 e. The van der Waals surface area contributed by atoms with Crippen LogP contribution in [0.2, 0.25) is 0 Å². The number of nitrogens with one attached hydrogen (secondary N) is 1. The number of benzene rings is 3. The van der Waals surface area contributed by atoms with Gasteiger partial charge in [0.05, 0.1) is 6.61 Å². The first-order valence-corrected chi connectivity index (χ1v) is 10.6. The van der Waals surface area contributed by atoms with Gasteiger partial charge in [-0.3, -0.25) is 10.3 Å². The third-order valence-electron chi connectivity index (χ3n) is 5.11. The Bertz CT molecular complexity index is 1050. The third-order valence-corrected chi connectivity index (χ3v) is 5.64. The molecule has 0 amide bonds. The molecule has 30 heavy (non-hydrogen) atoms. The molecule has 0 aromatic heterocycles. The minimum absolute atomic E-state index is 0.131. The molecule has 6 heteroatoms. The Morgan fingerprint density at radius 3 is 2.53 bits per heavy atom. The lowest BCUT2D eigenvalue weighted by molar-refractivity contribution is 0.313. The maximum atomic E-state index is 13.4. The fourth-order valence-electron chi connectivity index (χ4n) is 3.63. The lowest BCUT2D eigenvalue weighted by Crippen LogP contribution is -2.33. The minimum atomic E-state index is -0.363. The predicted octanol–water partition coefficient (Wildman–Crippen LogP) is 5.92. The van der Waals surface area contributed by atoms with E-state index < -0.39 is 0 Å². The number of phenolic OH excluding ortho intramolecular Hbond substituents is 1. The summed E-state index contributed by atoms with van der Waals surface area (Å²) in [6.07, 6.45) is 0.237. The van der Waals surface area contributed by atoms with E-state index in [1.54, 1.807) is 18.2 Å². The monoisotopic (exact) mass is 468 g/mol. The second kappa shape index (κ2) is 8.98. The first kappa shape index (κ1) is 20.6. The van der Waals surface area contributed by atoms with Crippen LogP contribution in [0.15, 0.2) is 76.2 Å². The largest absolute Gasteiger partial charge is 0.504 e. The molecule has 1 heterocycles. The summed E-state index contributed by atoms with van der Waals surface area (Å²) in [6.45, 7) is 2.35. The number of hydrogen-bond donors (Lipinski definition) is 2. The second-order valence-corrected chi connectivity index (χ2v) is 8.00. The number of aliphatic imine (C=N–C) groups is 1. The molecule has 0 aliphatic carbocycles. The standard InChI is InChI=1S/C24H22BrFN2O2/c1-2-30-22-5-3-4-19(23(22)29)21-14-20(15-6-10-17(25)11-7-15)27-24(28-21)16-8-12-18(26)13-9-16/h3-13,21,24,28-29H,2,14H2,1H3. The van der Waals surface area contributed by atoms with Crippen LogP contribution in [-0.2, 0) is 0 Å². The van der Waals surface area contributed by atoms with Crippen LogP contribution in [0.25, 0.3) is 0 Å². The van der Waals surface area contributed by atoms with Gasteiger partial charge in [0.25, 0.3) is 0 Å². The predicted molar refractivity (Wildman–Crippen MR) is 120 cm³/mol. The van der Waals surface area contributed by atoms with Crippen molar-refractivity contribution in [3.8, 4) is 11.5 Å². The highest BCUT2D eigenvalue weighted by molar-refractivity contribution is 9.10. The van der Waals surface area contributed by atoms with E-state index in [0.717, 1.165) is 26.9 Å². The first-order valence-electron chi connectivity index (χ1n) is 9.84. The number of aromatic hydroxyl groups is 1. The van der Waals surface area contributed by atoms with Gasteiger partial charge < -0.3 is 9.84 Å². The molecule has 0 fully saturated rings. The van der Waals surface area contributed by atoms with Crippen LogP contribution in [-0.4, -0.2) is 17.4 Å². The molecule has 154 valence electrons. The second-order valence-electron chi connectivity index (χ2n) is 7.09. The summed E-state index contributed by atoms with van der Waals surface area (Å²) in [5.41, 5.74) is 3.53. The Morgan fingerprint density at radius 2 is 1.83 bits per heavy atom. The van der Waals surface area contributed by atoms with Crippen LogP contribution in [0, 0.1) is 5.82 Å². The zero-order chi connectivity index (χ0) is 21.1. The van der Waals surface area contributed by atoms with Crippen LogP contribution in [0.4, 0.5) is 4.39 Å². The molecule has 2 atom stereocenters. The van der Waals surface area contributed by atoms with Crippen molar-refractivity contribution < 1.29 is 14.2 Å². The number of ether oxygens (including phenoxy) is 1. The molecule has 2 N–H and O–H groups in total. The van der Waals surface area contributed by atoms with Gasteiger partial charge >= 0.3 is 0 Å². The molecule has 4 rings (SSSR count). The highest BCUT2D eigenvalue weighted by Gasteiger charge is 2.28. The molecule has 3 aromatic carbocycles. The van der Waals surface area contributed by atoms with Gasteiger partial charge in [-0.25, -0.2) is 4.39 Å². The van der Waals surface area contributed by atoms with Crippen molar-refractivity contribution in [2.24, 2.45) is 4.99 Å². The van der Waals surface area contributed by atoms with E-state index in [2.05, 4.69) is 21.2 Å². The summed E-state index contributed by atoms with van der Waals surface area (Å²) in [5, 5.41) is 14.3. The summed E-state index contributed by atoms with van der Waals surface area (Å²) >= 11 is 3.47. The average Bonchev–Trinajstić information content (AvgIpc) is 2.76. The fraction of sp³-hybridized carbons (Fsp3) is 0.208. The Hall–Kier alpha value is -2.70. The van der Waals surface area contributed by atoms with E-state index in [0.29, 0.717) is 18.8 Å². The molecule has 0 radical (unpaired) electrons. The Labute approximate surface area is 183 Å². The lowest BCUT2D eigenvalue weighted by atomic mass is 9.93. The van der Waals surface area contributed by atoms with E-state index in [4.69, 9.17) is 9.73 Å². The topological polar surface area (TPSA) is 53.8 Å². The summed E-state index contributed by atoms with van der Waals surface area (Å²) in [4.78, 5) is 4.90. The molecular weight excluding hydrogens is 447 g/mol. The van der Waals surface area contributed by atoms with Gasteiger partial charge in [0.15, 0.2) is 11.5 Å². The van der Waals surface area contributed by atoms with Gasteiger partial charge in [-0.15, -0.1) is 0 Å². The molecule has 1 aliphatic heterocycles. The Balaban J connectivity index is 1.74. The Kier molecular flexibility index (Phi) is 6.16. The summed E-state index contributed by atoms with van der Waals surface area (Å²) in [7, 11) is 0. The SMILES string of the molecule is CCOc1cccc(C2CC(c3ccc(Br)cc3)=NC(c3ccc(F)cc3)N2)c1O. The van der Waals surface area contributed by atoms with Crippen molar-refractivity contribution in [1.29, 1.82) is 0 Å². The van der Waals surface area contributed by atoms with Gasteiger partial charge in [-0.05, 0) is 48.4 Å². The van der Waals surface area contributed by atoms with E-state index in [-0.39, 0.29) is 23.8 Å². The molecular formula is C24H22BrFN2O2. The smallest absolute Gasteiger partial charge is 0.162 e. The average molecular weight is 469 g/mol. The molecule has 2 unspecified atom stereocenters. The molecule has 0 bridgehead atoms. The zero-order valence-corrected chi connectivity index (χ0v) is 18.1.